The number of fused-ring (bicyclic) bond motifs is 1. The highest BCUT2D eigenvalue weighted by atomic mass is 19.1. The maximum atomic E-state index is 14.3. The Balaban J connectivity index is 2.12. The molecular weight excluding hydrogens is 434 g/mol. The van der Waals surface area contributed by atoms with Crippen LogP contribution in [0.5, 0.6) is 11.5 Å². The van der Waals surface area contributed by atoms with Gasteiger partial charge in [0.2, 0.25) is 5.78 Å². The van der Waals surface area contributed by atoms with E-state index in [0.717, 1.165) is 12.1 Å². The summed E-state index contributed by atoms with van der Waals surface area (Å²) in [5, 5.41) is 3.40. The van der Waals surface area contributed by atoms with E-state index < -0.39 is 34.7 Å². The van der Waals surface area contributed by atoms with E-state index in [1.165, 1.54) is 32.5 Å². The van der Waals surface area contributed by atoms with Crippen LogP contribution in [0.3, 0.4) is 0 Å². The van der Waals surface area contributed by atoms with Crippen molar-refractivity contribution in [2.24, 2.45) is 0 Å². The number of pyridine rings is 1. The van der Waals surface area contributed by atoms with Gasteiger partial charge in [-0.25, -0.2) is 13.6 Å². The molecule has 1 amide bonds. The number of benzene rings is 2. The van der Waals surface area contributed by atoms with Gasteiger partial charge in [-0.2, -0.15) is 0 Å². The average molecular weight is 458 g/mol. The maximum Gasteiger partial charge on any atom is 0.407 e. The van der Waals surface area contributed by atoms with Crippen LogP contribution >= 0.6 is 0 Å². The van der Waals surface area contributed by atoms with Gasteiger partial charge in [0.15, 0.2) is 11.5 Å². The minimum atomic E-state index is -0.994. The lowest BCUT2D eigenvalue weighted by Crippen LogP contribution is -2.32. The minimum absolute atomic E-state index is 0.0242. The van der Waals surface area contributed by atoms with Crippen molar-refractivity contribution in [1.29, 1.82) is 0 Å². The molecule has 3 rings (SSSR count). The van der Waals surface area contributed by atoms with Gasteiger partial charge in [0.25, 0.3) is 0 Å². The Bertz CT molecular complexity index is 1200. The fourth-order valence-corrected chi connectivity index (χ4v) is 3.26. The number of ether oxygens (including phenoxy) is 3. The zero-order valence-electron chi connectivity index (χ0n) is 18.9. The number of methoxy groups -OCH3 is 2. The molecule has 1 heterocycles. The number of hydrogen-bond acceptors (Lipinski definition) is 6. The molecular formula is C24H24F2N2O5. The molecule has 0 unspecified atom stereocenters. The average Bonchev–Trinajstić information content (AvgIpc) is 2.74. The van der Waals surface area contributed by atoms with Crippen LogP contribution in [0.4, 0.5) is 13.6 Å². The highest BCUT2D eigenvalue weighted by molar-refractivity contribution is 6.16. The minimum Gasteiger partial charge on any atom is -0.493 e. The number of carbonyl (C=O) groups excluding carboxylic acids is 2. The third kappa shape index (κ3) is 5.19. The molecule has 7 nitrogen and oxygen atoms in total. The number of nitrogens with zero attached hydrogens (tertiary/aromatic N) is 1. The van der Waals surface area contributed by atoms with Crippen LogP contribution in [-0.2, 0) is 11.3 Å². The van der Waals surface area contributed by atoms with Gasteiger partial charge in [-0.3, -0.25) is 9.78 Å². The molecule has 0 fully saturated rings. The Morgan fingerprint density at radius 1 is 1.00 bits per heavy atom. The van der Waals surface area contributed by atoms with E-state index in [1.807, 2.05) is 0 Å². The highest BCUT2D eigenvalue weighted by Gasteiger charge is 2.24. The number of hydrogen-bond donors (Lipinski definition) is 1. The largest absolute Gasteiger partial charge is 0.493 e. The third-order valence-electron chi connectivity index (χ3n) is 4.70. The SMILES string of the molecule is COc1cc2c(CNC(=O)OC(C)(C)C)cnc(C(=O)c3c(F)cccc3F)c2cc1OC. The van der Waals surface area contributed by atoms with Crippen LogP contribution < -0.4 is 14.8 Å². The second-order valence-electron chi connectivity index (χ2n) is 8.17. The molecule has 1 aromatic heterocycles. The summed E-state index contributed by atoms with van der Waals surface area (Å²) in [6.45, 7) is 5.24. The van der Waals surface area contributed by atoms with E-state index in [-0.39, 0.29) is 17.6 Å². The Morgan fingerprint density at radius 3 is 2.12 bits per heavy atom. The maximum absolute atomic E-state index is 14.3. The summed E-state index contributed by atoms with van der Waals surface area (Å²) < 4.78 is 44.5. The smallest absolute Gasteiger partial charge is 0.407 e. The van der Waals surface area contributed by atoms with Crippen LogP contribution in [0.2, 0.25) is 0 Å². The highest BCUT2D eigenvalue weighted by Crippen LogP contribution is 2.35. The van der Waals surface area contributed by atoms with Crippen molar-refractivity contribution in [2.45, 2.75) is 32.9 Å². The molecule has 0 atom stereocenters. The molecule has 174 valence electrons. The Hall–Kier alpha value is -3.75. The predicted molar refractivity (Wildman–Crippen MR) is 118 cm³/mol. The molecule has 1 N–H and O–H groups in total. The van der Waals surface area contributed by atoms with Crippen LogP contribution in [0.1, 0.15) is 42.4 Å². The Labute approximate surface area is 189 Å². The van der Waals surface area contributed by atoms with Gasteiger partial charge in [-0.15, -0.1) is 0 Å². The quantitative estimate of drug-likeness (QED) is 0.535. The van der Waals surface area contributed by atoms with Gasteiger partial charge < -0.3 is 19.5 Å². The number of ketones is 1. The van der Waals surface area contributed by atoms with Crippen molar-refractivity contribution in [3.63, 3.8) is 0 Å². The fraction of sp³-hybridized carbons (Fsp3) is 0.292. The molecule has 0 saturated carbocycles. The summed E-state index contributed by atoms with van der Waals surface area (Å²) in [7, 11) is 2.87. The van der Waals surface area contributed by atoms with Crippen molar-refractivity contribution in [3.05, 3.63) is 65.0 Å². The van der Waals surface area contributed by atoms with Crippen molar-refractivity contribution in [2.75, 3.05) is 14.2 Å². The van der Waals surface area contributed by atoms with E-state index in [2.05, 4.69) is 10.3 Å². The summed E-state index contributed by atoms with van der Waals surface area (Å²) in [6, 6.07) is 6.29. The zero-order valence-corrected chi connectivity index (χ0v) is 18.9. The summed E-state index contributed by atoms with van der Waals surface area (Å²) in [4.78, 5) is 29.4. The normalized spacial score (nSPS) is 11.2. The molecule has 3 aromatic rings. The van der Waals surface area contributed by atoms with E-state index in [4.69, 9.17) is 14.2 Å². The Kier molecular flexibility index (Phi) is 6.81. The Morgan fingerprint density at radius 2 is 1.58 bits per heavy atom. The van der Waals surface area contributed by atoms with Crippen LogP contribution in [0.25, 0.3) is 10.8 Å². The first-order chi connectivity index (χ1) is 15.6. The number of nitrogens with one attached hydrogen (secondary N) is 1. The predicted octanol–water partition coefficient (Wildman–Crippen LogP) is 4.79. The van der Waals surface area contributed by atoms with Crippen molar-refractivity contribution in [3.8, 4) is 11.5 Å². The van der Waals surface area contributed by atoms with Crippen LogP contribution in [0, 0.1) is 11.6 Å². The fourth-order valence-electron chi connectivity index (χ4n) is 3.26. The summed E-state index contributed by atoms with van der Waals surface area (Å²) in [6.07, 6.45) is 0.724. The summed E-state index contributed by atoms with van der Waals surface area (Å²) in [5.41, 5.74) is -1.03. The molecule has 0 spiro atoms. The lowest BCUT2D eigenvalue weighted by atomic mass is 9.98. The van der Waals surface area contributed by atoms with Gasteiger partial charge in [-0.05, 0) is 56.0 Å². The van der Waals surface area contributed by atoms with E-state index in [0.29, 0.717) is 22.4 Å². The summed E-state index contributed by atoms with van der Waals surface area (Å²) in [5.74, 6) is -2.25. The first kappa shape index (κ1) is 23.9. The number of alkyl carbamates (subject to hydrolysis) is 1. The van der Waals surface area contributed by atoms with Crippen molar-refractivity contribution in [1.82, 2.24) is 10.3 Å². The van der Waals surface area contributed by atoms with Gasteiger partial charge in [0.1, 0.15) is 22.9 Å². The third-order valence-corrected chi connectivity index (χ3v) is 4.70. The first-order valence-electron chi connectivity index (χ1n) is 10.0. The van der Waals surface area contributed by atoms with Gasteiger partial charge >= 0.3 is 6.09 Å². The standard InChI is InChI=1S/C24H24F2N2O5/c1-24(2,3)33-23(30)28-12-13-11-27-21(22(29)20-16(25)7-6-8-17(20)26)15-10-19(32-5)18(31-4)9-14(13)15/h6-11H,12H2,1-5H3,(H,28,30). The number of aromatic nitrogens is 1. The first-order valence-corrected chi connectivity index (χ1v) is 10.0. The number of rotatable bonds is 6. The zero-order chi connectivity index (χ0) is 24.3. The molecule has 0 saturated heterocycles. The van der Waals surface area contributed by atoms with Gasteiger partial charge in [-0.1, -0.05) is 6.07 Å². The van der Waals surface area contributed by atoms with E-state index in [1.54, 1.807) is 26.8 Å². The molecule has 0 aliphatic rings. The second-order valence-corrected chi connectivity index (χ2v) is 8.17. The topological polar surface area (TPSA) is 86.8 Å². The van der Waals surface area contributed by atoms with Crippen molar-refractivity contribution < 1.29 is 32.6 Å². The molecule has 33 heavy (non-hydrogen) atoms. The number of halogens is 2. The van der Waals surface area contributed by atoms with Gasteiger partial charge in [0, 0.05) is 18.1 Å². The lowest BCUT2D eigenvalue weighted by Gasteiger charge is -2.20. The van der Waals surface area contributed by atoms with E-state index >= 15 is 0 Å². The van der Waals surface area contributed by atoms with Crippen LogP contribution in [-0.4, -0.2) is 36.7 Å². The monoisotopic (exact) mass is 458 g/mol. The van der Waals surface area contributed by atoms with Crippen LogP contribution in [0.15, 0.2) is 36.5 Å². The molecule has 9 heteroatoms. The van der Waals surface area contributed by atoms with E-state index in [9.17, 15) is 18.4 Å². The number of carbonyl (C=O) groups is 2. The van der Waals surface area contributed by atoms with Crippen molar-refractivity contribution >= 4 is 22.6 Å². The molecule has 0 bridgehead atoms. The van der Waals surface area contributed by atoms with Gasteiger partial charge in [0.05, 0.1) is 19.8 Å². The number of amides is 1. The lowest BCUT2D eigenvalue weighted by molar-refractivity contribution is 0.0523. The molecule has 0 radical (unpaired) electrons. The molecule has 2 aromatic carbocycles. The second kappa shape index (κ2) is 9.40. The molecule has 0 aliphatic carbocycles. The summed E-state index contributed by atoms with van der Waals surface area (Å²) >= 11 is 0. The molecule has 0 aliphatic heterocycles.